The second-order valence-electron chi connectivity index (χ2n) is 5.58. The molecule has 5 nitrogen and oxygen atoms in total. The number of rotatable bonds is 9. The molecule has 1 aromatic rings. The molecule has 1 aromatic carbocycles. The number of nitrogens with one attached hydrogen (secondary N) is 2. The minimum absolute atomic E-state index is 0.229. The predicted octanol–water partition coefficient (Wildman–Crippen LogP) is 2.46. The Bertz CT molecular complexity index is 433. The summed E-state index contributed by atoms with van der Waals surface area (Å²) in [4.78, 5) is 11.7. The number of amides is 1. The largest absolute Gasteiger partial charge is 0.445 e. The van der Waals surface area contributed by atoms with Crippen molar-refractivity contribution in [3.05, 3.63) is 35.9 Å². The van der Waals surface area contributed by atoms with Crippen LogP contribution in [0.3, 0.4) is 0 Å². The number of benzene rings is 1. The fraction of sp³-hybridized carbons (Fsp3) is 0.588. The Labute approximate surface area is 132 Å². The fourth-order valence-electron chi connectivity index (χ4n) is 2.46. The van der Waals surface area contributed by atoms with Crippen molar-refractivity contribution in [2.75, 3.05) is 19.8 Å². The van der Waals surface area contributed by atoms with Crippen LogP contribution in [-0.4, -0.2) is 37.9 Å². The third-order valence-corrected chi connectivity index (χ3v) is 3.78. The van der Waals surface area contributed by atoms with Gasteiger partial charge in [-0.1, -0.05) is 30.3 Å². The normalized spacial score (nSPS) is 20.2. The lowest BCUT2D eigenvalue weighted by Crippen LogP contribution is -2.52. The van der Waals surface area contributed by atoms with Crippen LogP contribution in [-0.2, 0) is 16.1 Å². The molecule has 1 fully saturated rings. The Morgan fingerprint density at radius 3 is 2.73 bits per heavy atom. The molecule has 2 N–H and O–H groups in total. The van der Waals surface area contributed by atoms with E-state index in [9.17, 15) is 4.79 Å². The van der Waals surface area contributed by atoms with Crippen LogP contribution < -0.4 is 10.6 Å². The van der Waals surface area contributed by atoms with Crippen molar-refractivity contribution in [1.29, 1.82) is 0 Å². The first-order valence-corrected chi connectivity index (χ1v) is 8.06. The van der Waals surface area contributed by atoms with E-state index in [0.717, 1.165) is 44.6 Å². The molecule has 0 radical (unpaired) electrons. The molecule has 5 heteroatoms. The van der Waals surface area contributed by atoms with Crippen molar-refractivity contribution in [3.63, 3.8) is 0 Å². The quantitative estimate of drug-likeness (QED) is 0.688. The van der Waals surface area contributed by atoms with Gasteiger partial charge in [-0.15, -0.1) is 0 Å². The smallest absolute Gasteiger partial charge is 0.407 e. The summed E-state index contributed by atoms with van der Waals surface area (Å²) in [5.41, 5.74) is 1.00. The number of carbonyl (C=O) groups is 1. The van der Waals surface area contributed by atoms with Crippen LogP contribution in [0.25, 0.3) is 0 Å². The van der Waals surface area contributed by atoms with Gasteiger partial charge >= 0.3 is 6.09 Å². The van der Waals surface area contributed by atoms with Crippen LogP contribution in [0.2, 0.25) is 0 Å². The molecule has 2 rings (SSSR count). The molecule has 0 saturated heterocycles. The van der Waals surface area contributed by atoms with E-state index < -0.39 is 0 Å². The number of carbonyl (C=O) groups excluding carboxylic acids is 1. The van der Waals surface area contributed by atoms with Crippen molar-refractivity contribution >= 4 is 6.09 Å². The second-order valence-corrected chi connectivity index (χ2v) is 5.58. The van der Waals surface area contributed by atoms with Crippen LogP contribution in [0.5, 0.6) is 0 Å². The highest BCUT2D eigenvalue weighted by Crippen LogP contribution is 2.20. The van der Waals surface area contributed by atoms with E-state index in [1.807, 2.05) is 37.3 Å². The van der Waals surface area contributed by atoms with Gasteiger partial charge in [0.25, 0.3) is 0 Å². The number of hydrogen-bond acceptors (Lipinski definition) is 4. The van der Waals surface area contributed by atoms with E-state index in [4.69, 9.17) is 9.47 Å². The third kappa shape index (κ3) is 6.03. The summed E-state index contributed by atoms with van der Waals surface area (Å²) in [5, 5.41) is 6.37. The molecular weight excluding hydrogens is 280 g/mol. The van der Waals surface area contributed by atoms with E-state index >= 15 is 0 Å². The van der Waals surface area contributed by atoms with Gasteiger partial charge in [-0.3, -0.25) is 0 Å². The Hall–Kier alpha value is -1.59. The Morgan fingerprint density at radius 2 is 2.00 bits per heavy atom. The van der Waals surface area contributed by atoms with E-state index in [-0.39, 0.29) is 12.1 Å². The van der Waals surface area contributed by atoms with Gasteiger partial charge in [-0.2, -0.15) is 0 Å². The van der Waals surface area contributed by atoms with Gasteiger partial charge in [0.15, 0.2) is 0 Å². The molecule has 0 heterocycles. The third-order valence-electron chi connectivity index (χ3n) is 3.78. The maximum absolute atomic E-state index is 11.7. The van der Waals surface area contributed by atoms with Gasteiger partial charge in [0, 0.05) is 25.3 Å². The maximum Gasteiger partial charge on any atom is 0.407 e. The van der Waals surface area contributed by atoms with Gasteiger partial charge in [0.2, 0.25) is 0 Å². The molecule has 0 bridgehead atoms. The molecule has 122 valence electrons. The molecule has 22 heavy (non-hydrogen) atoms. The average molecular weight is 306 g/mol. The van der Waals surface area contributed by atoms with Crippen LogP contribution in [0, 0.1) is 0 Å². The number of ether oxygens (including phenoxy) is 2. The summed E-state index contributed by atoms with van der Waals surface area (Å²) >= 11 is 0. The summed E-state index contributed by atoms with van der Waals surface area (Å²) < 4.78 is 10.5. The van der Waals surface area contributed by atoms with Gasteiger partial charge in [0.05, 0.1) is 0 Å². The lowest BCUT2D eigenvalue weighted by molar-refractivity contribution is 0.124. The molecule has 1 aliphatic carbocycles. The molecule has 0 unspecified atom stereocenters. The van der Waals surface area contributed by atoms with E-state index in [1.54, 1.807) is 0 Å². The molecular formula is C17H26N2O3. The average Bonchev–Trinajstić information content (AvgIpc) is 2.51. The van der Waals surface area contributed by atoms with Gasteiger partial charge in [-0.05, 0) is 38.3 Å². The van der Waals surface area contributed by atoms with Crippen molar-refractivity contribution < 1.29 is 14.3 Å². The summed E-state index contributed by atoms with van der Waals surface area (Å²) in [6.45, 7) is 4.88. The fourth-order valence-corrected chi connectivity index (χ4v) is 2.46. The summed E-state index contributed by atoms with van der Waals surface area (Å²) in [7, 11) is 0. The first kappa shape index (κ1) is 16.8. The number of hydrogen-bond donors (Lipinski definition) is 2. The van der Waals surface area contributed by atoms with Gasteiger partial charge in [0.1, 0.15) is 6.61 Å². The zero-order chi connectivity index (χ0) is 15.6. The molecule has 1 amide bonds. The lowest BCUT2D eigenvalue weighted by Gasteiger charge is -2.36. The highest BCUT2D eigenvalue weighted by molar-refractivity contribution is 5.67. The summed E-state index contributed by atoms with van der Waals surface area (Å²) in [6.07, 6.45) is 2.63. The van der Waals surface area contributed by atoms with Crippen LogP contribution in [0.1, 0.15) is 31.7 Å². The maximum atomic E-state index is 11.7. The Balaban J connectivity index is 1.49. The molecule has 1 aliphatic rings. The van der Waals surface area contributed by atoms with E-state index in [2.05, 4.69) is 10.6 Å². The molecule has 0 spiro atoms. The first-order valence-electron chi connectivity index (χ1n) is 8.06. The van der Waals surface area contributed by atoms with Gasteiger partial charge in [-0.25, -0.2) is 4.79 Å². The highest BCUT2D eigenvalue weighted by Gasteiger charge is 2.29. The molecule has 0 atom stereocenters. The minimum Gasteiger partial charge on any atom is -0.445 e. The van der Waals surface area contributed by atoms with Crippen molar-refractivity contribution in [2.24, 2.45) is 0 Å². The Morgan fingerprint density at radius 1 is 1.23 bits per heavy atom. The van der Waals surface area contributed by atoms with E-state index in [1.165, 1.54) is 0 Å². The number of alkyl carbamates (subject to hydrolysis) is 1. The van der Waals surface area contributed by atoms with Crippen LogP contribution in [0.4, 0.5) is 4.79 Å². The van der Waals surface area contributed by atoms with Crippen molar-refractivity contribution in [3.8, 4) is 0 Å². The minimum atomic E-state index is -0.330. The summed E-state index contributed by atoms with van der Waals surface area (Å²) in [6, 6.07) is 10.4. The zero-order valence-electron chi connectivity index (χ0n) is 13.2. The molecule has 1 saturated carbocycles. The molecule has 0 aromatic heterocycles. The SMILES string of the molecule is CCOCCCNC1CC(NC(=O)OCc2ccccc2)C1. The van der Waals surface area contributed by atoms with E-state index in [0.29, 0.717) is 12.6 Å². The van der Waals surface area contributed by atoms with Crippen molar-refractivity contribution in [2.45, 2.75) is 44.9 Å². The zero-order valence-corrected chi connectivity index (χ0v) is 13.2. The topological polar surface area (TPSA) is 59.6 Å². The van der Waals surface area contributed by atoms with Crippen LogP contribution >= 0.6 is 0 Å². The standard InChI is InChI=1S/C17H26N2O3/c1-2-21-10-6-9-18-15-11-16(12-15)19-17(20)22-13-14-7-4-3-5-8-14/h3-5,7-8,15-16,18H,2,6,9-13H2,1H3,(H,19,20). The Kier molecular flexibility index (Phi) is 7.19. The monoisotopic (exact) mass is 306 g/mol. The highest BCUT2D eigenvalue weighted by atomic mass is 16.5. The summed E-state index contributed by atoms with van der Waals surface area (Å²) in [5.74, 6) is 0. The second kappa shape index (κ2) is 9.43. The predicted molar refractivity (Wildman–Crippen MR) is 85.7 cm³/mol. The van der Waals surface area contributed by atoms with Crippen LogP contribution in [0.15, 0.2) is 30.3 Å². The first-order chi connectivity index (χ1) is 10.8. The lowest BCUT2D eigenvalue weighted by atomic mass is 9.87. The molecule has 0 aliphatic heterocycles. The van der Waals surface area contributed by atoms with Crippen molar-refractivity contribution in [1.82, 2.24) is 10.6 Å². The van der Waals surface area contributed by atoms with Gasteiger partial charge < -0.3 is 20.1 Å².